The third kappa shape index (κ3) is 2.29. The van der Waals surface area contributed by atoms with Crippen LogP contribution >= 0.6 is 0 Å². The van der Waals surface area contributed by atoms with E-state index >= 15 is 0 Å². The van der Waals surface area contributed by atoms with Gasteiger partial charge in [-0.05, 0) is 0 Å². The number of nitrogens with zero attached hydrogens (tertiary/aromatic N) is 3. The fraction of sp³-hybridized carbons (Fsp3) is 0.625. The van der Waals surface area contributed by atoms with Gasteiger partial charge in [-0.2, -0.15) is 5.10 Å². The standard InChI is InChI=1S/C8H13N5O/c14-8(12-7-3-9-4-7)1-2-13-6-10-5-11-13/h5-7,9H,1-4H2,(H,12,14). The maximum absolute atomic E-state index is 11.3. The predicted octanol–water partition coefficient (Wildman–Crippen LogP) is -1.24. The van der Waals surface area contributed by atoms with Crippen molar-refractivity contribution in [1.82, 2.24) is 25.4 Å². The molecule has 0 atom stereocenters. The molecule has 0 radical (unpaired) electrons. The molecule has 1 aromatic rings. The van der Waals surface area contributed by atoms with Crippen LogP contribution in [0.5, 0.6) is 0 Å². The summed E-state index contributed by atoms with van der Waals surface area (Å²) in [6.07, 6.45) is 3.53. The first-order valence-corrected chi connectivity index (χ1v) is 4.67. The second-order valence-electron chi connectivity index (χ2n) is 3.33. The molecule has 1 aliphatic rings. The van der Waals surface area contributed by atoms with E-state index in [2.05, 4.69) is 20.7 Å². The summed E-state index contributed by atoms with van der Waals surface area (Å²) in [6, 6.07) is 0.318. The molecule has 1 saturated heterocycles. The smallest absolute Gasteiger partial charge is 0.222 e. The van der Waals surface area contributed by atoms with Crippen LogP contribution in [0.4, 0.5) is 0 Å². The van der Waals surface area contributed by atoms with E-state index in [0.29, 0.717) is 19.0 Å². The minimum Gasteiger partial charge on any atom is -0.351 e. The van der Waals surface area contributed by atoms with Gasteiger partial charge in [-0.15, -0.1) is 0 Å². The Morgan fingerprint density at radius 2 is 2.50 bits per heavy atom. The fourth-order valence-corrected chi connectivity index (χ4v) is 1.25. The molecule has 0 aliphatic carbocycles. The largest absolute Gasteiger partial charge is 0.351 e. The predicted molar refractivity (Wildman–Crippen MR) is 49.4 cm³/mol. The molecule has 6 heteroatoms. The Balaban J connectivity index is 1.67. The maximum atomic E-state index is 11.3. The van der Waals surface area contributed by atoms with Crippen molar-refractivity contribution in [1.29, 1.82) is 0 Å². The highest BCUT2D eigenvalue weighted by Gasteiger charge is 2.18. The third-order valence-electron chi connectivity index (χ3n) is 2.18. The second kappa shape index (κ2) is 4.19. The molecule has 0 saturated carbocycles. The lowest BCUT2D eigenvalue weighted by Crippen LogP contribution is -2.57. The lowest BCUT2D eigenvalue weighted by Gasteiger charge is -2.27. The van der Waals surface area contributed by atoms with E-state index in [4.69, 9.17) is 0 Å². The number of amides is 1. The van der Waals surface area contributed by atoms with E-state index < -0.39 is 0 Å². The Morgan fingerprint density at radius 3 is 3.07 bits per heavy atom. The van der Waals surface area contributed by atoms with Crippen molar-refractivity contribution in [2.45, 2.75) is 19.0 Å². The van der Waals surface area contributed by atoms with Crippen LogP contribution in [0.1, 0.15) is 6.42 Å². The molecule has 1 aromatic heterocycles. The van der Waals surface area contributed by atoms with Crippen LogP contribution in [-0.2, 0) is 11.3 Å². The Labute approximate surface area is 81.7 Å². The fourth-order valence-electron chi connectivity index (χ4n) is 1.25. The molecule has 1 aliphatic heterocycles. The summed E-state index contributed by atoms with van der Waals surface area (Å²) >= 11 is 0. The van der Waals surface area contributed by atoms with E-state index in [1.54, 1.807) is 11.0 Å². The van der Waals surface area contributed by atoms with Gasteiger partial charge in [0.2, 0.25) is 5.91 Å². The highest BCUT2D eigenvalue weighted by Crippen LogP contribution is 1.93. The lowest BCUT2D eigenvalue weighted by molar-refractivity contribution is -0.122. The molecule has 0 bridgehead atoms. The van der Waals surface area contributed by atoms with E-state index in [-0.39, 0.29) is 5.91 Å². The Hall–Kier alpha value is -1.43. The van der Waals surface area contributed by atoms with Crippen LogP contribution in [0.2, 0.25) is 0 Å². The molecule has 2 rings (SSSR count). The molecule has 6 nitrogen and oxygen atoms in total. The lowest BCUT2D eigenvalue weighted by atomic mass is 10.2. The van der Waals surface area contributed by atoms with E-state index in [0.717, 1.165) is 13.1 Å². The van der Waals surface area contributed by atoms with Gasteiger partial charge in [0, 0.05) is 19.5 Å². The van der Waals surface area contributed by atoms with Gasteiger partial charge in [-0.25, -0.2) is 4.98 Å². The highest BCUT2D eigenvalue weighted by atomic mass is 16.1. The first-order valence-electron chi connectivity index (χ1n) is 4.67. The van der Waals surface area contributed by atoms with Gasteiger partial charge in [0.05, 0.1) is 12.6 Å². The average Bonchev–Trinajstić information content (AvgIpc) is 2.60. The first-order chi connectivity index (χ1) is 6.84. The summed E-state index contributed by atoms with van der Waals surface area (Å²) < 4.78 is 1.65. The summed E-state index contributed by atoms with van der Waals surface area (Å²) in [6.45, 7) is 2.36. The number of carbonyl (C=O) groups excluding carboxylic acids is 1. The van der Waals surface area contributed by atoms with Crippen LogP contribution < -0.4 is 10.6 Å². The summed E-state index contributed by atoms with van der Waals surface area (Å²) in [4.78, 5) is 15.1. The number of carbonyl (C=O) groups is 1. The van der Waals surface area contributed by atoms with Gasteiger partial charge in [0.15, 0.2) is 0 Å². The van der Waals surface area contributed by atoms with E-state index in [9.17, 15) is 4.79 Å². The minimum atomic E-state index is 0.0759. The first kappa shape index (κ1) is 9.14. The zero-order valence-corrected chi connectivity index (χ0v) is 7.81. The van der Waals surface area contributed by atoms with Gasteiger partial charge in [0.1, 0.15) is 12.7 Å². The zero-order chi connectivity index (χ0) is 9.80. The second-order valence-corrected chi connectivity index (χ2v) is 3.33. The Bertz CT molecular complexity index is 293. The number of rotatable bonds is 4. The Kier molecular flexibility index (Phi) is 2.73. The molecule has 1 fully saturated rings. The van der Waals surface area contributed by atoms with Gasteiger partial charge >= 0.3 is 0 Å². The van der Waals surface area contributed by atoms with E-state index in [1.165, 1.54) is 6.33 Å². The van der Waals surface area contributed by atoms with Crippen molar-refractivity contribution in [3.63, 3.8) is 0 Å². The minimum absolute atomic E-state index is 0.0759. The molecule has 0 aromatic carbocycles. The quantitative estimate of drug-likeness (QED) is 0.630. The van der Waals surface area contributed by atoms with E-state index in [1.807, 2.05) is 0 Å². The number of nitrogens with one attached hydrogen (secondary N) is 2. The van der Waals surface area contributed by atoms with Crippen molar-refractivity contribution in [2.75, 3.05) is 13.1 Å². The van der Waals surface area contributed by atoms with Crippen molar-refractivity contribution in [3.8, 4) is 0 Å². The van der Waals surface area contributed by atoms with Gasteiger partial charge in [-0.1, -0.05) is 0 Å². The van der Waals surface area contributed by atoms with Crippen molar-refractivity contribution in [2.24, 2.45) is 0 Å². The summed E-state index contributed by atoms with van der Waals surface area (Å²) in [5.41, 5.74) is 0. The highest BCUT2D eigenvalue weighted by molar-refractivity contribution is 5.76. The molecular weight excluding hydrogens is 182 g/mol. The summed E-state index contributed by atoms with van der Waals surface area (Å²) in [5.74, 6) is 0.0759. The van der Waals surface area contributed by atoms with Crippen LogP contribution in [0.15, 0.2) is 12.7 Å². The molecule has 0 unspecified atom stereocenters. The molecule has 2 heterocycles. The average molecular weight is 195 g/mol. The van der Waals surface area contributed by atoms with Crippen molar-refractivity contribution < 1.29 is 4.79 Å². The molecule has 76 valence electrons. The van der Waals surface area contributed by atoms with Gasteiger partial charge < -0.3 is 10.6 Å². The molecule has 2 N–H and O–H groups in total. The van der Waals surface area contributed by atoms with Crippen LogP contribution in [0.25, 0.3) is 0 Å². The molecule has 0 spiro atoms. The van der Waals surface area contributed by atoms with Crippen LogP contribution in [0, 0.1) is 0 Å². The molecular formula is C8H13N5O. The number of hydrogen-bond donors (Lipinski definition) is 2. The molecule has 14 heavy (non-hydrogen) atoms. The van der Waals surface area contributed by atoms with Crippen LogP contribution in [-0.4, -0.2) is 39.8 Å². The topological polar surface area (TPSA) is 71.8 Å². The normalized spacial score (nSPS) is 16.3. The van der Waals surface area contributed by atoms with Gasteiger partial charge in [0.25, 0.3) is 0 Å². The monoisotopic (exact) mass is 195 g/mol. The van der Waals surface area contributed by atoms with Crippen molar-refractivity contribution >= 4 is 5.91 Å². The summed E-state index contributed by atoms with van der Waals surface area (Å²) in [7, 11) is 0. The van der Waals surface area contributed by atoms with Crippen LogP contribution in [0.3, 0.4) is 0 Å². The number of hydrogen-bond acceptors (Lipinski definition) is 4. The SMILES string of the molecule is O=C(CCn1cncn1)NC1CNC1. The zero-order valence-electron chi connectivity index (χ0n) is 7.81. The maximum Gasteiger partial charge on any atom is 0.222 e. The molecule has 1 amide bonds. The summed E-state index contributed by atoms with van der Waals surface area (Å²) in [5, 5.41) is 9.92. The third-order valence-corrected chi connectivity index (χ3v) is 2.18. The number of aryl methyl sites for hydroxylation is 1. The van der Waals surface area contributed by atoms with Crippen molar-refractivity contribution in [3.05, 3.63) is 12.7 Å². The number of aromatic nitrogens is 3. The van der Waals surface area contributed by atoms with Gasteiger partial charge in [-0.3, -0.25) is 9.48 Å². The Morgan fingerprint density at radius 1 is 1.64 bits per heavy atom.